The Kier molecular flexibility index (Phi) is 6.92. The van der Waals surface area contributed by atoms with Gasteiger partial charge in [-0.3, -0.25) is 14.2 Å². The van der Waals surface area contributed by atoms with Gasteiger partial charge in [-0.25, -0.2) is 0 Å². The smallest absolute Gasteiger partial charge is 0.377 e. The highest BCUT2D eigenvalue weighted by atomic mass is 19.4. The van der Waals surface area contributed by atoms with Crippen LogP contribution in [0.4, 0.5) is 29.3 Å². The summed E-state index contributed by atoms with van der Waals surface area (Å²) in [5.41, 5.74) is -1.03. The molecule has 0 saturated carbocycles. The molecule has 2 aliphatic rings. The highest BCUT2D eigenvalue weighted by molar-refractivity contribution is 5.83. The van der Waals surface area contributed by atoms with Crippen molar-refractivity contribution in [2.45, 2.75) is 64.8 Å². The van der Waals surface area contributed by atoms with Gasteiger partial charge >= 0.3 is 6.18 Å². The molecule has 1 aromatic heterocycles. The molecule has 11 heteroatoms. The van der Waals surface area contributed by atoms with Crippen LogP contribution in [0.15, 0.2) is 4.79 Å². The molecule has 0 bridgehead atoms. The number of halogens is 4. The van der Waals surface area contributed by atoms with E-state index >= 15 is 0 Å². The lowest BCUT2D eigenvalue weighted by molar-refractivity contribution is -0.153. The lowest BCUT2D eigenvalue weighted by Gasteiger charge is -2.40. The molecule has 3 rings (SSSR count). The molecule has 174 valence electrons. The molecule has 0 aromatic carbocycles. The van der Waals surface area contributed by atoms with Gasteiger partial charge in [0.25, 0.3) is 5.56 Å². The fraction of sp³-hybridized carbons (Fsp3) is 0.750. The molecule has 1 saturated heterocycles. The molecule has 2 aliphatic heterocycles. The van der Waals surface area contributed by atoms with Crippen LogP contribution in [0.3, 0.4) is 0 Å². The van der Waals surface area contributed by atoms with Crippen LogP contribution < -0.4 is 15.4 Å². The number of Topliss-reactive ketones (excluding diaryl/α,β-unsaturated/α-hetero) is 1. The third kappa shape index (κ3) is 5.02. The molecule has 2 unspecified atom stereocenters. The summed E-state index contributed by atoms with van der Waals surface area (Å²) in [7, 11) is 0. The van der Waals surface area contributed by atoms with Crippen molar-refractivity contribution in [1.82, 2.24) is 9.55 Å². The van der Waals surface area contributed by atoms with Gasteiger partial charge in [0.15, 0.2) is 11.6 Å². The average Bonchev–Trinajstić information content (AvgIpc) is 2.69. The average molecular weight is 448 g/mol. The Labute approximate surface area is 178 Å². The van der Waals surface area contributed by atoms with Crippen molar-refractivity contribution in [3.8, 4) is 0 Å². The monoisotopic (exact) mass is 448 g/mol. The number of carbonyl (C=O) groups is 1. The van der Waals surface area contributed by atoms with Crippen LogP contribution in [-0.4, -0.2) is 59.9 Å². The van der Waals surface area contributed by atoms with Crippen molar-refractivity contribution in [3.05, 3.63) is 16.2 Å². The first-order valence-corrected chi connectivity index (χ1v) is 10.5. The Morgan fingerprint density at radius 2 is 2.00 bits per heavy atom. The summed E-state index contributed by atoms with van der Waals surface area (Å²) in [6, 6.07) is -2.27. The first kappa shape index (κ1) is 23.5. The Morgan fingerprint density at radius 1 is 1.29 bits per heavy atom. The number of aromatic nitrogens is 2. The number of alkyl halides is 3. The van der Waals surface area contributed by atoms with Gasteiger partial charge in [0, 0.05) is 19.5 Å². The van der Waals surface area contributed by atoms with E-state index in [-0.39, 0.29) is 62.2 Å². The van der Waals surface area contributed by atoms with Gasteiger partial charge in [-0.15, -0.1) is 0 Å². The molecular weight excluding hydrogens is 420 g/mol. The van der Waals surface area contributed by atoms with E-state index < -0.39 is 36.6 Å². The number of anilines is 2. The Hall–Kier alpha value is -2.17. The molecule has 7 nitrogen and oxygen atoms in total. The zero-order valence-corrected chi connectivity index (χ0v) is 17.9. The Balaban J connectivity index is 2.04. The summed E-state index contributed by atoms with van der Waals surface area (Å²) < 4.78 is 62.4. The number of morpholine rings is 1. The summed E-state index contributed by atoms with van der Waals surface area (Å²) in [6.07, 6.45) is -4.41. The zero-order valence-electron chi connectivity index (χ0n) is 17.9. The van der Waals surface area contributed by atoms with Crippen LogP contribution in [0.25, 0.3) is 0 Å². The minimum atomic E-state index is -4.62. The second-order valence-corrected chi connectivity index (χ2v) is 8.57. The first-order valence-electron chi connectivity index (χ1n) is 10.5. The van der Waals surface area contributed by atoms with Crippen molar-refractivity contribution in [1.29, 1.82) is 0 Å². The van der Waals surface area contributed by atoms with Crippen molar-refractivity contribution < 1.29 is 27.1 Å². The summed E-state index contributed by atoms with van der Waals surface area (Å²) in [5.74, 6) is -1.87. The van der Waals surface area contributed by atoms with Gasteiger partial charge in [0.2, 0.25) is 11.8 Å². The van der Waals surface area contributed by atoms with Gasteiger partial charge in [0.05, 0.1) is 25.8 Å². The molecular formula is C20H28F4N4O3. The number of fused-ring (bicyclic) bond motifs is 1. The third-order valence-electron chi connectivity index (χ3n) is 5.70. The summed E-state index contributed by atoms with van der Waals surface area (Å²) in [6.45, 7) is 5.55. The number of hydrogen-bond donors (Lipinski definition) is 0. The predicted octanol–water partition coefficient (Wildman–Crippen LogP) is 2.75. The van der Waals surface area contributed by atoms with Crippen molar-refractivity contribution >= 4 is 17.5 Å². The van der Waals surface area contributed by atoms with Crippen molar-refractivity contribution in [2.24, 2.45) is 5.92 Å². The van der Waals surface area contributed by atoms with Gasteiger partial charge in [-0.05, 0) is 25.7 Å². The molecule has 31 heavy (non-hydrogen) atoms. The highest BCUT2D eigenvalue weighted by Gasteiger charge is 2.47. The number of carbonyl (C=O) groups excluding carboxylic acids is 1. The van der Waals surface area contributed by atoms with E-state index in [1.807, 2.05) is 13.8 Å². The van der Waals surface area contributed by atoms with E-state index in [4.69, 9.17) is 4.74 Å². The standard InChI is InChI=1S/C20H28F4N4O3/c1-12(2)4-5-14(29)10-28-15(20(22,23)24)6-7-27-18(30)16(21)17(25-19(27)28)26-8-9-31-11-13(26)3/h12-13,15H,4-11H2,1-3H3. The number of rotatable bonds is 6. The van der Waals surface area contributed by atoms with Crippen LogP contribution in [0.5, 0.6) is 0 Å². The van der Waals surface area contributed by atoms with E-state index in [9.17, 15) is 27.2 Å². The lowest BCUT2D eigenvalue weighted by atomic mass is 10.0. The molecule has 0 spiro atoms. The quantitative estimate of drug-likeness (QED) is 0.624. The highest BCUT2D eigenvalue weighted by Crippen LogP contribution is 2.35. The lowest BCUT2D eigenvalue weighted by Crippen LogP contribution is -2.55. The third-order valence-corrected chi connectivity index (χ3v) is 5.70. The minimum absolute atomic E-state index is 0.123. The van der Waals surface area contributed by atoms with Gasteiger partial charge < -0.3 is 14.5 Å². The van der Waals surface area contributed by atoms with E-state index in [2.05, 4.69) is 4.98 Å². The number of ketones is 1. The number of ether oxygens (including phenoxy) is 1. The minimum Gasteiger partial charge on any atom is -0.377 e. The molecule has 0 radical (unpaired) electrons. The van der Waals surface area contributed by atoms with Crippen molar-refractivity contribution in [3.63, 3.8) is 0 Å². The van der Waals surface area contributed by atoms with Gasteiger partial charge in [0.1, 0.15) is 6.04 Å². The fourth-order valence-corrected chi connectivity index (χ4v) is 3.95. The first-order chi connectivity index (χ1) is 14.5. The van der Waals surface area contributed by atoms with Gasteiger partial charge in [-0.2, -0.15) is 22.5 Å². The SMILES string of the molecule is CC(C)CCC(=O)CN1c2nc(N3CCOCC3C)c(F)c(=O)n2CCC1C(F)(F)F. The Bertz CT molecular complexity index is 871. The van der Waals surface area contributed by atoms with E-state index in [0.29, 0.717) is 6.42 Å². The van der Waals surface area contributed by atoms with Crippen LogP contribution in [0, 0.1) is 11.7 Å². The topological polar surface area (TPSA) is 67.7 Å². The Morgan fingerprint density at radius 3 is 2.61 bits per heavy atom. The second kappa shape index (κ2) is 9.13. The van der Waals surface area contributed by atoms with Crippen LogP contribution >= 0.6 is 0 Å². The van der Waals surface area contributed by atoms with Gasteiger partial charge in [-0.1, -0.05) is 13.8 Å². The van der Waals surface area contributed by atoms with Crippen LogP contribution in [0.2, 0.25) is 0 Å². The maximum Gasteiger partial charge on any atom is 0.408 e. The van der Waals surface area contributed by atoms with Crippen LogP contribution in [-0.2, 0) is 16.1 Å². The molecule has 0 N–H and O–H groups in total. The fourth-order valence-electron chi connectivity index (χ4n) is 3.95. The normalized spacial score (nSPS) is 22.1. The van der Waals surface area contributed by atoms with Crippen LogP contribution in [0.1, 0.15) is 40.0 Å². The number of nitrogens with zero attached hydrogens (tertiary/aromatic N) is 4. The van der Waals surface area contributed by atoms with E-state index in [1.54, 1.807) is 6.92 Å². The summed E-state index contributed by atoms with van der Waals surface area (Å²) >= 11 is 0. The zero-order chi connectivity index (χ0) is 22.9. The largest absolute Gasteiger partial charge is 0.408 e. The maximum absolute atomic E-state index is 14.9. The second-order valence-electron chi connectivity index (χ2n) is 8.57. The predicted molar refractivity (Wildman–Crippen MR) is 107 cm³/mol. The van der Waals surface area contributed by atoms with Crippen molar-refractivity contribution in [2.75, 3.05) is 36.1 Å². The van der Waals surface area contributed by atoms with E-state index in [0.717, 1.165) is 9.47 Å². The molecule has 2 atom stereocenters. The molecule has 1 fully saturated rings. The molecule has 0 amide bonds. The number of hydrogen-bond acceptors (Lipinski definition) is 6. The molecule has 3 heterocycles. The molecule has 0 aliphatic carbocycles. The molecule has 1 aromatic rings. The summed E-state index contributed by atoms with van der Waals surface area (Å²) in [5, 5.41) is 0. The maximum atomic E-state index is 14.9. The summed E-state index contributed by atoms with van der Waals surface area (Å²) in [4.78, 5) is 31.7. The van der Waals surface area contributed by atoms with E-state index in [1.165, 1.54) is 4.90 Å².